The molecule has 0 fully saturated rings. The van der Waals surface area contributed by atoms with Crippen molar-refractivity contribution in [3.63, 3.8) is 0 Å². The van der Waals surface area contributed by atoms with E-state index in [1.54, 1.807) is 31.3 Å². The minimum Gasteiger partial charge on any atom is -0.313 e. The molecule has 0 amide bonds. The predicted octanol–water partition coefficient (Wildman–Crippen LogP) is 5.29. The summed E-state index contributed by atoms with van der Waals surface area (Å²) in [7, 11) is 1.78. The van der Waals surface area contributed by atoms with Crippen LogP contribution in [0.1, 0.15) is 17.2 Å². The lowest BCUT2D eigenvalue weighted by Crippen LogP contribution is -2.20. The van der Waals surface area contributed by atoms with Gasteiger partial charge >= 0.3 is 0 Å². The first-order valence-electron chi connectivity index (χ1n) is 6.07. The van der Waals surface area contributed by atoms with Gasteiger partial charge in [-0.3, -0.25) is 0 Å². The zero-order valence-electron chi connectivity index (χ0n) is 10.8. The predicted molar refractivity (Wildman–Crippen MR) is 83.4 cm³/mol. The van der Waals surface area contributed by atoms with Crippen molar-refractivity contribution >= 4 is 34.8 Å². The molecule has 0 radical (unpaired) electrons. The minimum absolute atomic E-state index is 0.189. The highest BCUT2D eigenvalue weighted by Gasteiger charge is 2.16. The Balaban J connectivity index is 2.28. The van der Waals surface area contributed by atoms with Gasteiger partial charge in [-0.1, -0.05) is 46.9 Å². The number of benzene rings is 2. The summed E-state index contributed by atoms with van der Waals surface area (Å²) in [5, 5.41) is 4.63. The van der Waals surface area contributed by atoms with Gasteiger partial charge in [0.05, 0.1) is 0 Å². The summed E-state index contributed by atoms with van der Waals surface area (Å²) in [6.07, 6.45) is 0.561. The van der Waals surface area contributed by atoms with E-state index in [4.69, 9.17) is 34.8 Å². The molecule has 0 saturated heterocycles. The van der Waals surface area contributed by atoms with Crippen LogP contribution >= 0.6 is 34.8 Å². The van der Waals surface area contributed by atoms with Crippen molar-refractivity contribution in [1.29, 1.82) is 0 Å². The van der Waals surface area contributed by atoms with Crippen LogP contribution in [-0.4, -0.2) is 7.05 Å². The molecule has 0 heterocycles. The van der Waals surface area contributed by atoms with Crippen LogP contribution in [0.5, 0.6) is 0 Å². The van der Waals surface area contributed by atoms with E-state index in [-0.39, 0.29) is 11.9 Å². The highest BCUT2D eigenvalue weighted by atomic mass is 35.5. The summed E-state index contributed by atoms with van der Waals surface area (Å²) < 4.78 is 14.0. The van der Waals surface area contributed by atoms with Crippen molar-refractivity contribution < 1.29 is 4.39 Å². The standard InChI is InChI=1S/C15H13Cl3FN/c1-20-15(12-5-4-11(17)8-14(12)19)6-9-2-3-10(16)7-13(9)18/h2-5,7-8,15,20H,6H2,1H3. The molecule has 0 aliphatic heterocycles. The van der Waals surface area contributed by atoms with Crippen molar-refractivity contribution in [3.8, 4) is 0 Å². The molecule has 1 unspecified atom stereocenters. The molecule has 1 atom stereocenters. The summed E-state index contributed by atoms with van der Waals surface area (Å²) in [5.41, 5.74) is 1.47. The van der Waals surface area contributed by atoms with Crippen LogP contribution in [0.3, 0.4) is 0 Å². The van der Waals surface area contributed by atoms with Crippen LogP contribution < -0.4 is 5.32 Å². The van der Waals surface area contributed by atoms with Crippen LogP contribution in [0.15, 0.2) is 36.4 Å². The highest BCUT2D eigenvalue weighted by Crippen LogP contribution is 2.28. The smallest absolute Gasteiger partial charge is 0.129 e. The second-order valence-electron chi connectivity index (χ2n) is 4.45. The van der Waals surface area contributed by atoms with Gasteiger partial charge < -0.3 is 5.32 Å². The van der Waals surface area contributed by atoms with E-state index < -0.39 is 0 Å². The Morgan fingerprint density at radius 3 is 2.30 bits per heavy atom. The number of likely N-dealkylation sites (N-methyl/N-ethyl adjacent to an activating group) is 1. The monoisotopic (exact) mass is 331 g/mol. The molecule has 106 valence electrons. The topological polar surface area (TPSA) is 12.0 Å². The van der Waals surface area contributed by atoms with Crippen molar-refractivity contribution in [3.05, 3.63) is 68.4 Å². The molecule has 0 aromatic heterocycles. The molecule has 2 rings (SSSR count). The molecule has 0 spiro atoms. The van der Waals surface area contributed by atoms with Crippen LogP contribution in [0.2, 0.25) is 15.1 Å². The Labute approximate surface area is 132 Å². The van der Waals surface area contributed by atoms with E-state index in [0.29, 0.717) is 27.1 Å². The lowest BCUT2D eigenvalue weighted by atomic mass is 9.98. The summed E-state index contributed by atoms with van der Waals surface area (Å²) >= 11 is 17.8. The number of hydrogen-bond acceptors (Lipinski definition) is 1. The first-order chi connectivity index (χ1) is 9.51. The van der Waals surface area contributed by atoms with E-state index >= 15 is 0 Å². The summed E-state index contributed by atoms with van der Waals surface area (Å²) in [6.45, 7) is 0. The summed E-state index contributed by atoms with van der Waals surface area (Å²) in [6, 6.07) is 9.78. The zero-order valence-corrected chi connectivity index (χ0v) is 13.0. The number of halogens is 4. The number of nitrogens with one attached hydrogen (secondary N) is 1. The van der Waals surface area contributed by atoms with Crippen LogP contribution in [0, 0.1) is 5.82 Å². The van der Waals surface area contributed by atoms with Gasteiger partial charge in [-0.15, -0.1) is 0 Å². The maximum Gasteiger partial charge on any atom is 0.129 e. The van der Waals surface area contributed by atoms with Crippen molar-refractivity contribution in [1.82, 2.24) is 5.32 Å². The maximum absolute atomic E-state index is 14.0. The zero-order chi connectivity index (χ0) is 14.7. The van der Waals surface area contributed by atoms with Crippen LogP contribution in [0.4, 0.5) is 4.39 Å². The van der Waals surface area contributed by atoms with E-state index in [1.165, 1.54) is 6.07 Å². The second kappa shape index (κ2) is 6.77. The lowest BCUT2D eigenvalue weighted by molar-refractivity contribution is 0.534. The van der Waals surface area contributed by atoms with Crippen molar-refractivity contribution in [2.24, 2.45) is 0 Å². The van der Waals surface area contributed by atoms with Gasteiger partial charge in [0.15, 0.2) is 0 Å². The molecule has 20 heavy (non-hydrogen) atoms. The first-order valence-corrected chi connectivity index (χ1v) is 7.21. The average Bonchev–Trinajstić information content (AvgIpc) is 2.39. The summed E-state index contributed by atoms with van der Waals surface area (Å²) in [4.78, 5) is 0. The third kappa shape index (κ3) is 3.64. The van der Waals surface area contributed by atoms with Gasteiger partial charge in [0.25, 0.3) is 0 Å². The van der Waals surface area contributed by atoms with Gasteiger partial charge in [-0.25, -0.2) is 4.39 Å². The van der Waals surface area contributed by atoms with Gasteiger partial charge in [-0.2, -0.15) is 0 Å². The largest absolute Gasteiger partial charge is 0.313 e. The molecular formula is C15H13Cl3FN. The van der Waals surface area contributed by atoms with Crippen LogP contribution in [0.25, 0.3) is 0 Å². The minimum atomic E-state index is -0.332. The quantitative estimate of drug-likeness (QED) is 0.802. The van der Waals surface area contributed by atoms with E-state index in [0.717, 1.165) is 5.56 Å². The first kappa shape index (κ1) is 15.6. The van der Waals surface area contributed by atoms with E-state index in [1.807, 2.05) is 6.07 Å². The molecule has 1 nitrogen and oxygen atoms in total. The molecule has 2 aromatic carbocycles. The fraction of sp³-hybridized carbons (Fsp3) is 0.200. The Morgan fingerprint density at radius 2 is 1.70 bits per heavy atom. The molecule has 2 aromatic rings. The third-order valence-electron chi connectivity index (χ3n) is 3.13. The van der Waals surface area contributed by atoms with Gasteiger partial charge in [0.1, 0.15) is 5.82 Å². The third-order valence-corrected chi connectivity index (χ3v) is 3.95. The molecule has 0 aliphatic rings. The van der Waals surface area contributed by atoms with Crippen LogP contribution in [-0.2, 0) is 6.42 Å². The number of hydrogen-bond donors (Lipinski definition) is 1. The molecule has 0 saturated carbocycles. The SMILES string of the molecule is CNC(Cc1ccc(Cl)cc1Cl)c1ccc(Cl)cc1F. The Hall–Kier alpha value is -0.800. The fourth-order valence-corrected chi connectivity index (χ4v) is 2.70. The normalized spacial score (nSPS) is 12.4. The highest BCUT2D eigenvalue weighted by molar-refractivity contribution is 6.35. The summed E-state index contributed by atoms with van der Waals surface area (Å²) in [5.74, 6) is -0.332. The maximum atomic E-state index is 14.0. The number of rotatable bonds is 4. The van der Waals surface area contributed by atoms with Gasteiger partial charge in [0, 0.05) is 26.7 Å². The van der Waals surface area contributed by atoms with Gasteiger partial charge in [-0.05, 0) is 43.3 Å². The van der Waals surface area contributed by atoms with E-state index in [2.05, 4.69) is 5.32 Å². The Bertz CT molecular complexity index is 616. The fourth-order valence-electron chi connectivity index (χ4n) is 2.06. The molecule has 0 bridgehead atoms. The molecule has 1 N–H and O–H groups in total. The Morgan fingerprint density at radius 1 is 1.05 bits per heavy atom. The molecular weight excluding hydrogens is 320 g/mol. The lowest BCUT2D eigenvalue weighted by Gasteiger charge is -2.18. The Kier molecular flexibility index (Phi) is 5.28. The second-order valence-corrected chi connectivity index (χ2v) is 5.73. The van der Waals surface area contributed by atoms with Crippen molar-refractivity contribution in [2.45, 2.75) is 12.5 Å². The van der Waals surface area contributed by atoms with Crippen molar-refractivity contribution in [2.75, 3.05) is 7.05 Å². The van der Waals surface area contributed by atoms with E-state index in [9.17, 15) is 4.39 Å². The van der Waals surface area contributed by atoms with Gasteiger partial charge in [0.2, 0.25) is 0 Å². The molecule has 5 heteroatoms. The average molecular weight is 333 g/mol. The molecule has 0 aliphatic carbocycles.